The second-order valence-corrected chi connectivity index (χ2v) is 6.29. The Bertz CT molecular complexity index is 415. The number of hydrogen-bond donors (Lipinski definition) is 1. The van der Waals surface area contributed by atoms with Crippen molar-refractivity contribution in [1.82, 2.24) is 10.2 Å². The number of nitrogens with one attached hydrogen (secondary N) is 1. The smallest absolute Gasteiger partial charge is 0.126 e. The van der Waals surface area contributed by atoms with Crippen molar-refractivity contribution >= 4 is 0 Å². The lowest BCUT2D eigenvalue weighted by molar-refractivity contribution is 0.218. The maximum atomic E-state index is 13.3. The molecule has 2 atom stereocenters. The molecule has 0 spiro atoms. The van der Waals surface area contributed by atoms with E-state index in [0.29, 0.717) is 17.5 Å². The molecule has 21 heavy (non-hydrogen) atoms. The second-order valence-electron chi connectivity index (χ2n) is 6.29. The highest BCUT2D eigenvalue weighted by molar-refractivity contribution is 5.21. The van der Waals surface area contributed by atoms with Crippen molar-refractivity contribution in [2.75, 3.05) is 20.6 Å². The largest absolute Gasteiger partial charge is 0.313 e. The van der Waals surface area contributed by atoms with Crippen LogP contribution in [0.3, 0.4) is 0 Å². The molecule has 0 amide bonds. The molecule has 120 valence electrons. The third-order valence-corrected chi connectivity index (χ3v) is 3.97. The van der Waals surface area contributed by atoms with E-state index < -0.39 is 11.6 Å². The average Bonchev–Trinajstić information content (AvgIpc) is 2.37. The Balaban J connectivity index is 2.62. The van der Waals surface area contributed by atoms with Crippen molar-refractivity contribution in [2.45, 2.75) is 45.7 Å². The van der Waals surface area contributed by atoms with Crippen LogP contribution in [0.25, 0.3) is 0 Å². The summed E-state index contributed by atoms with van der Waals surface area (Å²) in [6.07, 6.45) is 1.97. The molecule has 0 bridgehead atoms. The lowest BCUT2D eigenvalue weighted by Gasteiger charge is -2.28. The van der Waals surface area contributed by atoms with Crippen molar-refractivity contribution in [2.24, 2.45) is 5.92 Å². The van der Waals surface area contributed by atoms with Crippen LogP contribution in [0.5, 0.6) is 0 Å². The van der Waals surface area contributed by atoms with Gasteiger partial charge in [0.25, 0.3) is 0 Å². The topological polar surface area (TPSA) is 15.3 Å². The summed E-state index contributed by atoms with van der Waals surface area (Å²) in [4.78, 5) is 2.31. The monoisotopic (exact) mass is 298 g/mol. The van der Waals surface area contributed by atoms with Gasteiger partial charge in [-0.05, 0) is 64.0 Å². The minimum absolute atomic E-state index is 0.0381. The summed E-state index contributed by atoms with van der Waals surface area (Å²) in [6, 6.07) is 4.19. The fourth-order valence-electron chi connectivity index (χ4n) is 2.67. The van der Waals surface area contributed by atoms with E-state index in [4.69, 9.17) is 0 Å². The molecule has 0 aliphatic carbocycles. The first kappa shape index (κ1) is 18.1. The van der Waals surface area contributed by atoms with Crippen molar-refractivity contribution < 1.29 is 8.78 Å². The predicted molar refractivity (Wildman–Crippen MR) is 84.3 cm³/mol. The van der Waals surface area contributed by atoms with Gasteiger partial charge >= 0.3 is 0 Å². The van der Waals surface area contributed by atoms with Crippen LogP contribution in [0.4, 0.5) is 8.78 Å². The van der Waals surface area contributed by atoms with E-state index in [1.54, 1.807) is 0 Å². The lowest BCUT2D eigenvalue weighted by Crippen LogP contribution is -2.33. The van der Waals surface area contributed by atoms with Crippen LogP contribution in [0, 0.1) is 17.6 Å². The van der Waals surface area contributed by atoms with Gasteiger partial charge in [-0.1, -0.05) is 13.8 Å². The van der Waals surface area contributed by atoms with Gasteiger partial charge < -0.3 is 10.2 Å². The first-order valence-electron chi connectivity index (χ1n) is 7.67. The fourth-order valence-corrected chi connectivity index (χ4v) is 2.67. The molecule has 0 heterocycles. The van der Waals surface area contributed by atoms with E-state index in [9.17, 15) is 8.78 Å². The molecule has 0 aliphatic heterocycles. The average molecular weight is 298 g/mol. The van der Waals surface area contributed by atoms with E-state index >= 15 is 0 Å². The fraction of sp³-hybridized carbons (Fsp3) is 0.647. The van der Waals surface area contributed by atoms with E-state index in [-0.39, 0.29) is 6.04 Å². The highest BCUT2D eigenvalue weighted by Gasteiger charge is 2.15. The van der Waals surface area contributed by atoms with Crippen LogP contribution >= 0.6 is 0 Å². The summed E-state index contributed by atoms with van der Waals surface area (Å²) in [5.74, 6) is -0.376. The molecule has 0 aliphatic rings. The Morgan fingerprint density at radius 3 is 2.14 bits per heavy atom. The number of hydrogen-bond acceptors (Lipinski definition) is 2. The zero-order valence-corrected chi connectivity index (χ0v) is 13.8. The Hall–Kier alpha value is -1.00. The highest BCUT2D eigenvalue weighted by atomic mass is 19.1. The standard InChI is InChI=1S/C17H28F2N2/c1-12(2)8-13(3)21(5)7-6-17(20-4)14-9-15(18)11-16(19)10-14/h9-13,17,20H,6-8H2,1-5H3. The summed E-state index contributed by atoms with van der Waals surface area (Å²) in [7, 11) is 3.93. The first-order valence-corrected chi connectivity index (χ1v) is 7.67. The van der Waals surface area contributed by atoms with Gasteiger partial charge in [0.1, 0.15) is 11.6 Å². The van der Waals surface area contributed by atoms with Gasteiger partial charge in [0, 0.05) is 18.2 Å². The summed E-state index contributed by atoms with van der Waals surface area (Å²) >= 11 is 0. The van der Waals surface area contributed by atoms with Crippen molar-refractivity contribution in [3.8, 4) is 0 Å². The molecule has 1 aromatic rings. The van der Waals surface area contributed by atoms with Crippen LogP contribution in [-0.4, -0.2) is 31.6 Å². The molecule has 0 aromatic heterocycles. The number of rotatable bonds is 8. The highest BCUT2D eigenvalue weighted by Crippen LogP contribution is 2.20. The van der Waals surface area contributed by atoms with Gasteiger partial charge in [-0.2, -0.15) is 0 Å². The molecule has 4 heteroatoms. The first-order chi connectivity index (χ1) is 9.83. The van der Waals surface area contributed by atoms with Crippen LogP contribution in [0.15, 0.2) is 18.2 Å². The molecular formula is C17H28F2N2. The minimum atomic E-state index is -0.521. The van der Waals surface area contributed by atoms with Gasteiger partial charge in [0.15, 0.2) is 0 Å². The summed E-state index contributed by atoms with van der Waals surface area (Å²) in [5.41, 5.74) is 0.667. The summed E-state index contributed by atoms with van der Waals surface area (Å²) in [5, 5.41) is 3.15. The van der Waals surface area contributed by atoms with Crippen LogP contribution in [0.1, 0.15) is 45.2 Å². The minimum Gasteiger partial charge on any atom is -0.313 e. The summed E-state index contributed by atoms with van der Waals surface area (Å²) in [6.45, 7) is 7.54. The third-order valence-electron chi connectivity index (χ3n) is 3.97. The van der Waals surface area contributed by atoms with Crippen LogP contribution in [-0.2, 0) is 0 Å². The van der Waals surface area contributed by atoms with Gasteiger partial charge in [-0.15, -0.1) is 0 Å². The van der Waals surface area contributed by atoms with E-state index in [1.807, 2.05) is 7.05 Å². The van der Waals surface area contributed by atoms with Gasteiger partial charge in [-0.3, -0.25) is 0 Å². The molecule has 1 N–H and O–H groups in total. The SMILES string of the molecule is CNC(CCN(C)C(C)CC(C)C)c1cc(F)cc(F)c1. The molecule has 0 radical (unpaired) electrons. The summed E-state index contributed by atoms with van der Waals surface area (Å²) < 4.78 is 26.6. The zero-order chi connectivity index (χ0) is 16.0. The Labute approximate surface area is 127 Å². The van der Waals surface area contributed by atoms with Gasteiger partial charge in [0.2, 0.25) is 0 Å². The second kappa shape index (κ2) is 8.44. The van der Waals surface area contributed by atoms with Crippen molar-refractivity contribution in [3.63, 3.8) is 0 Å². The molecule has 2 nitrogen and oxygen atoms in total. The normalized spacial score (nSPS) is 14.7. The van der Waals surface area contributed by atoms with Crippen LogP contribution < -0.4 is 5.32 Å². The number of benzene rings is 1. The van der Waals surface area contributed by atoms with Crippen molar-refractivity contribution in [1.29, 1.82) is 0 Å². The van der Waals surface area contributed by atoms with E-state index in [0.717, 1.165) is 25.5 Å². The predicted octanol–water partition coefficient (Wildman–Crippen LogP) is 3.98. The quantitative estimate of drug-likeness (QED) is 0.781. The molecule has 1 rings (SSSR count). The number of halogens is 2. The molecule has 1 aromatic carbocycles. The maximum Gasteiger partial charge on any atom is 0.126 e. The lowest BCUT2D eigenvalue weighted by atomic mass is 10.0. The van der Waals surface area contributed by atoms with Crippen LogP contribution in [0.2, 0.25) is 0 Å². The number of nitrogens with zero attached hydrogens (tertiary/aromatic N) is 1. The van der Waals surface area contributed by atoms with Gasteiger partial charge in [-0.25, -0.2) is 8.78 Å². The van der Waals surface area contributed by atoms with E-state index in [1.165, 1.54) is 12.1 Å². The molecular weight excluding hydrogens is 270 g/mol. The molecule has 0 saturated carbocycles. The Morgan fingerprint density at radius 2 is 1.67 bits per heavy atom. The third kappa shape index (κ3) is 6.10. The Kier molecular flexibility index (Phi) is 7.26. The molecule has 0 fully saturated rings. The van der Waals surface area contributed by atoms with Gasteiger partial charge in [0.05, 0.1) is 0 Å². The maximum absolute atomic E-state index is 13.3. The van der Waals surface area contributed by atoms with Crippen molar-refractivity contribution in [3.05, 3.63) is 35.4 Å². The Morgan fingerprint density at radius 1 is 1.10 bits per heavy atom. The van der Waals surface area contributed by atoms with E-state index in [2.05, 4.69) is 38.0 Å². The molecule has 2 unspecified atom stereocenters. The molecule has 0 saturated heterocycles. The zero-order valence-electron chi connectivity index (χ0n) is 13.8.